The van der Waals surface area contributed by atoms with Gasteiger partial charge in [0, 0.05) is 14.5 Å². The topological polar surface area (TPSA) is 59.9 Å². The van der Waals surface area contributed by atoms with E-state index in [9.17, 15) is 4.79 Å². The third-order valence-electron chi connectivity index (χ3n) is 3.06. The van der Waals surface area contributed by atoms with E-state index < -0.39 is 5.91 Å². The molecule has 0 saturated carbocycles. The van der Waals surface area contributed by atoms with Crippen LogP contribution < -0.4 is 14.9 Å². The van der Waals surface area contributed by atoms with Gasteiger partial charge in [-0.25, -0.2) is 5.43 Å². The molecule has 0 spiro atoms. The molecule has 0 saturated heterocycles. The molecule has 0 bridgehead atoms. The van der Waals surface area contributed by atoms with Crippen molar-refractivity contribution < 1.29 is 14.3 Å². The lowest BCUT2D eigenvalue weighted by Gasteiger charge is -2.08. The second-order valence-corrected chi connectivity index (χ2v) is 6.55. The van der Waals surface area contributed by atoms with E-state index in [0.29, 0.717) is 22.6 Å². The molecule has 5 nitrogen and oxygen atoms in total. The molecule has 25 heavy (non-hydrogen) atoms. The Morgan fingerprint density at radius 1 is 1.24 bits per heavy atom. The average Bonchev–Trinajstić information content (AvgIpc) is 2.61. The minimum atomic E-state index is -0.393. The second kappa shape index (κ2) is 9.25. The summed E-state index contributed by atoms with van der Waals surface area (Å²) in [5, 5.41) is 3.98. The molecule has 0 radical (unpaired) electrons. The van der Waals surface area contributed by atoms with E-state index in [2.05, 4.69) is 48.3 Å². The highest BCUT2D eigenvalue weighted by molar-refractivity contribution is 9.10. The molecule has 0 heterocycles. The van der Waals surface area contributed by atoms with Gasteiger partial charge in [0.25, 0.3) is 5.91 Å². The second-order valence-electron chi connectivity index (χ2n) is 4.72. The van der Waals surface area contributed by atoms with Crippen molar-refractivity contribution >= 4 is 44.0 Å². The summed E-state index contributed by atoms with van der Waals surface area (Å²) in [6.07, 6.45) is 6.69. The highest BCUT2D eigenvalue weighted by atomic mass is 79.9. The van der Waals surface area contributed by atoms with E-state index in [4.69, 9.17) is 15.9 Å². The van der Waals surface area contributed by atoms with Crippen LogP contribution in [-0.2, 0) is 0 Å². The predicted octanol–water partition coefficient (Wildman–Crippen LogP) is 4.00. The summed E-state index contributed by atoms with van der Waals surface area (Å²) in [5.74, 6) is 3.04. The standard InChI is InChI=1S/C18H14Br2N2O3/c1-3-8-25-16-6-4-13(19)9-12(16)11-21-22-18(23)15-10-14(20)5-7-17(15)24-2/h1,4-7,9-11H,8H2,2H3,(H,22,23)/b21-11-. The summed E-state index contributed by atoms with van der Waals surface area (Å²) < 4.78 is 12.2. The van der Waals surface area contributed by atoms with Gasteiger partial charge in [-0.15, -0.1) is 6.42 Å². The van der Waals surface area contributed by atoms with Crippen LogP contribution in [0.3, 0.4) is 0 Å². The number of benzene rings is 2. The fourth-order valence-electron chi connectivity index (χ4n) is 1.95. The molecule has 0 unspecified atom stereocenters. The normalized spacial score (nSPS) is 10.3. The van der Waals surface area contributed by atoms with E-state index in [1.165, 1.54) is 13.3 Å². The maximum Gasteiger partial charge on any atom is 0.275 e. The molecule has 0 aliphatic heterocycles. The van der Waals surface area contributed by atoms with Crippen molar-refractivity contribution in [3.05, 3.63) is 56.5 Å². The first-order valence-electron chi connectivity index (χ1n) is 7.08. The number of methoxy groups -OCH3 is 1. The highest BCUT2D eigenvalue weighted by Gasteiger charge is 2.12. The van der Waals surface area contributed by atoms with Crippen molar-refractivity contribution in [3.63, 3.8) is 0 Å². The number of halogens is 2. The third kappa shape index (κ3) is 5.34. The van der Waals surface area contributed by atoms with Gasteiger partial charge in [-0.3, -0.25) is 4.79 Å². The Kier molecular flexibility index (Phi) is 7.04. The number of rotatable bonds is 6. The quantitative estimate of drug-likeness (QED) is 0.398. The summed E-state index contributed by atoms with van der Waals surface area (Å²) in [5.41, 5.74) is 3.51. The van der Waals surface area contributed by atoms with Gasteiger partial charge in [0.05, 0.1) is 18.9 Å². The van der Waals surface area contributed by atoms with Crippen LogP contribution in [0.25, 0.3) is 0 Å². The average molecular weight is 466 g/mol. The minimum absolute atomic E-state index is 0.143. The Morgan fingerprint density at radius 2 is 1.92 bits per heavy atom. The molecule has 0 aromatic heterocycles. The number of amides is 1. The molecule has 1 N–H and O–H groups in total. The molecule has 2 rings (SSSR count). The Labute approximate surface area is 162 Å². The fraction of sp³-hybridized carbons (Fsp3) is 0.111. The number of nitrogens with one attached hydrogen (secondary N) is 1. The minimum Gasteiger partial charge on any atom is -0.496 e. The molecular formula is C18H14Br2N2O3. The zero-order chi connectivity index (χ0) is 18.2. The van der Waals surface area contributed by atoms with Gasteiger partial charge >= 0.3 is 0 Å². The van der Waals surface area contributed by atoms with Crippen LogP contribution in [-0.4, -0.2) is 25.8 Å². The van der Waals surface area contributed by atoms with Gasteiger partial charge < -0.3 is 9.47 Å². The van der Waals surface area contributed by atoms with Crippen LogP contribution in [0.2, 0.25) is 0 Å². The van der Waals surface area contributed by atoms with Crippen molar-refractivity contribution in [2.45, 2.75) is 0 Å². The van der Waals surface area contributed by atoms with Crippen LogP contribution in [0, 0.1) is 12.3 Å². The molecule has 2 aromatic carbocycles. The van der Waals surface area contributed by atoms with Crippen LogP contribution >= 0.6 is 31.9 Å². The van der Waals surface area contributed by atoms with Crippen LogP contribution in [0.4, 0.5) is 0 Å². The smallest absolute Gasteiger partial charge is 0.275 e. The maximum atomic E-state index is 12.3. The monoisotopic (exact) mass is 464 g/mol. The lowest BCUT2D eigenvalue weighted by molar-refractivity contribution is 0.0952. The van der Waals surface area contributed by atoms with Gasteiger partial charge in [0.1, 0.15) is 18.1 Å². The molecule has 1 amide bonds. The van der Waals surface area contributed by atoms with Crippen molar-refractivity contribution in [2.24, 2.45) is 5.10 Å². The Bertz CT molecular complexity index is 845. The first-order valence-corrected chi connectivity index (χ1v) is 8.66. The van der Waals surface area contributed by atoms with E-state index in [0.717, 1.165) is 8.95 Å². The molecule has 7 heteroatoms. The number of hydrogen-bond acceptors (Lipinski definition) is 4. The summed E-state index contributed by atoms with van der Waals surface area (Å²) in [7, 11) is 1.50. The SMILES string of the molecule is C#CCOc1ccc(Br)cc1/C=N\NC(=O)c1cc(Br)ccc1OC. The van der Waals surface area contributed by atoms with Gasteiger partial charge in [0.15, 0.2) is 0 Å². The van der Waals surface area contributed by atoms with Gasteiger partial charge in [-0.1, -0.05) is 37.8 Å². The number of carbonyl (C=O) groups is 1. The van der Waals surface area contributed by atoms with Crippen molar-refractivity contribution in [1.82, 2.24) is 5.43 Å². The van der Waals surface area contributed by atoms with Crippen LogP contribution in [0.1, 0.15) is 15.9 Å². The van der Waals surface area contributed by atoms with Gasteiger partial charge in [-0.05, 0) is 36.4 Å². The van der Waals surface area contributed by atoms with E-state index in [-0.39, 0.29) is 6.61 Å². The van der Waals surface area contributed by atoms with Crippen molar-refractivity contribution in [2.75, 3.05) is 13.7 Å². The molecule has 0 aliphatic carbocycles. The summed E-state index contributed by atoms with van der Waals surface area (Å²) >= 11 is 6.71. The largest absolute Gasteiger partial charge is 0.496 e. The molecule has 2 aromatic rings. The van der Waals surface area contributed by atoms with E-state index >= 15 is 0 Å². The summed E-state index contributed by atoms with van der Waals surface area (Å²) in [6, 6.07) is 10.5. The number of nitrogens with zero attached hydrogens (tertiary/aromatic N) is 1. The maximum absolute atomic E-state index is 12.3. The Hall–Kier alpha value is -2.30. The number of hydrogen-bond donors (Lipinski definition) is 1. The molecule has 0 atom stereocenters. The zero-order valence-corrected chi connectivity index (χ0v) is 16.4. The lowest BCUT2D eigenvalue weighted by Crippen LogP contribution is -2.18. The van der Waals surface area contributed by atoms with Crippen molar-refractivity contribution in [3.8, 4) is 23.8 Å². The highest BCUT2D eigenvalue weighted by Crippen LogP contribution is 2.23. The Balaban J connectivity index is 2.16. The fourth-order valence-corrected chi connectivity index (χ4v) is 2.69. The van der Waals surface area contributed by atoms with Gasteiger partial charge in [-0.2, -0.15) is 5.10 Å². The molecule has 128 valence electrons. The van der Waals surface area contributed by atoms with Crippen LogP contribution in [0.5, 0.6) is 11.5 Å². The van der Waals surface area contributed by atoms with Gasteiger partial charge in [0.2, 0.25) is 0 Å². The summed E-state index contributed by atoms with van der Waals surface area (Å²) in [4.78, 5) is 12.3. The summed E-state index contributed by atoms with van der Waals surface area (Å²) in [6.45, 7) is 0.143. The number of carbonyl (C=O) groups excluding carboxylic acids is 1. The third-order valence-corrected chi connectivity index (χ3v) is 4.05. The number of ether oxygens (including phenoxy) is 2. The van der Waals surface area contributed by atoms with E-state index in [1.807, 2.05) is 6.07 Å². The first-order chi connectivity index (χ1) is 12.0. The Morgan fingerprint density at radius 3 is 2.60 bits per heavy atom. The number of terminal acetylenes is 1. The van der Waals surface area contributed by atoms with E-state index in [1.54, 1.807) is 30.3 Å². The molecular weight excluding hydrogens is 452 g/mol. The predicted molar refractivity (Wildman–Crippen MR) is 104 cm³/mol. The first kappa shape index (κ1) is 19.0. The molecule has 0 fully saturated rings. The zero-order valence-electron chi connectivity index (χ0n) is 13.3. The molecule has 0 aliphatic rings. The van der Waals surface area contributed by atoms with Crippen molar-refractivity contribution in [1.29, 1.82) is 0 Å². The van der Waals surface area contributed by atoms with Crippen LogP contribution in [0.15, 0.2) is 50.4 Å². The number of hydrazone groups is 1. The lowest BCUT2D eigenvalue weighted by atomic mass is 10.2.